The zero-order valence-electron chi connectivity index (χ0n) is 25.9. The Morgan fingerprint density at radius 1 is 0.651 bits per heavy atom. The molecule has 14 heteroatoms. The quantitative estimate of drug-likeness (QED) is 0.0842. The molecule has 0 aromatic rings. The zero-order chi connectivity index (χ0) is 31.8. The van der Waals surface area contributed by atoms with Crippen LogP contribution < -0.4 is 16.0 Å². The molecule has 0 aliphatic carbocycles. The molecule has 0 unspecified atom stereocenters. The van der Waals surface area contributed by atoms with E-state index in [4.69, 9.17) is 23.7 Å². The normalized spacial score (nSPS) is 13.0. The van der Waals surface area contributed by atoms with E-state index in [0.29, 0.717) is 85.7 Å². The molecule has 43 heavy (non-hydrogen) atoms. The molecule has 1 heterocycles. The maximum absolute atomic E-state index is 12.1. The van der Waals surface area contributed by atoms with Gasteiger partial charge in [-0.1, -0.05) is 27.2 Å². The smallest absolute Gasteiger partial charge is 0.253 e. The Kier molecular flexibility index (Phi) is 20.9. The Morgan fingerprint density at radius 3 is 1.58 bits per heavy atom. The van der Waals surface area contributed by atoms with Gasteiger partial charge in [0.25, 0.3) is 11.8 Å². The zero-order valence-corrected chi connectivity index (χ0v) is 25.9. The van der Waals surface area contributed by atoms with Gasteiger partial charge in [0, 0.05) is 56.6 Å². The molecule has 3 N–H and O–H groups in total. The number of ether oxygens (including phenoxy) is 5. The minimum Gasteiger partial charge on any atom is -0.379 e. The van der Waals surface area contributed by atoms with Gasteiger partial charge in [-0.05, 0) is 6.42 Å². The Morgan fingerprint density at radius 2 is 1.07 bits per heavy atom. The molecule has 0 saturated heterocycles. The Labute approximate surface area is 254 Å². The molecule has 5 amide bonds. The van der Waals surface area contributed by atoms with Crippen molar-refractivity contribution < 1.29 is 47.7 Å². The fraction of sp³-hybridized carbons (Fsp3) is 0.759. The molecular weight excluding hydrogens is 564 g/mol. The van der Waals surface area contributed by atoms with E-state index in [-0.39, 0.29) is 42.5 Å². The molecule has 0 saturated carbocycles. The van der Waals surface area contributed by atoms with Gasteiger partial charge >= 0.3 is 0 Å². The molecule has 0 aromatic heterocycles. The van der Waals surface area contributed by atoms with Crippen molar-refractivity contribution in [3.8, 4) is 0 Å². The SMILES string of the molecule is CCCC(C)(C)C(=O)NCCOCCNC(=O)CCOCCOCCOCCOCCNC(=O)CCN1C(=O)C=CC1=O. The van der Waals surface area contributed by atoms with Crippen LogP contribution in [0.3, 0.4) is 0 Å². The van der Waals surface area contributed by atoms with Crippen LogP contribution in [0.5, 0.6) is 0 Å². The molecule has 246 valence electrons. The summed E-state index contributed by atoms with van der Waals surface area (Å²) in [5.74, 6) is -1.17. The first kappa shape index (κ1) is 38.1. The van der Waals surface area contributed by atoms with E-state index in [2.05, 4.69) is 22.9 Å². The maximum atomic E-state index is 12.1. The van der Waals surface area contributed by atoms with Gasteiger partial charge in [0.1, 0.15) is 0 Å². The van der Waals surface area contributed by atoms with Crippen molar-refractivity contribution in [1.82, 2.24) is 20.9 Å². The highest BCUT2D eigenvalue weighted by molar-refractivity contribution is 6.13. The first-order chi connectivity index (χ1) is 20.7. The number of carbonyl (C=O) groups excluding carboxylic acids is 5. The largest absolute Gasteiger partial charge is 0.379 e. The maximum Gasteiger partial charge on any atom is 0.253 e. The van der Waals surface area contributed by atoms with Crippen molar-refractivity contribution in [3.05, 3.63) is 12.2 Å². The lowest BCUT2D eigenvalue weighted by Gasteiger charge is -2.22. The average Bonchev–Trinajstić information content (AvgIpc) is 3.29. The molecule has 0 spiro atoms. The van der Waals surface area contributed by atoms with E-state index in [1.165, 1.54) is 12.2 Å². The van der Waals surface area contributed by atoms with Crippen LogP contribution in [0.25, 0.3) is 0 Å². The van der Waals surface area contributed by atoms with E-state index in [0.717, 1.165) is 17.7 Å². The molecular formula is C29H50N4O10. The minimum atomic E-state index is -0.404. The summed E-state index contributed by atoms with van der Waals surface area (Å²) in [7, 11) is 0. The van der Waals surface area contributed by atoms with Crippen molar-refractivity contribution in [2.75, 3.05) is 92.2 Å². The van der Waals surface area contributed by atoms with Crippen molar-refractivity contribution in [3.63, 3.8) is 0 Å². The fourth-order valence-corrected chi connectivity index (χ4v) is 3.81. The van der Waals surface area contributed by atoms with Crippen LogP contribution in [0.15, 0.2) is 12.2 Å². The predicted octanol–water partition coefficient (Wildman–Crippen LogP) is -0.0505. The standard InChI is InChI=1S/C29H50N4O10/c1-4-9-29(2,3)28(38)32-12-17-40-15-10-31-25(35)8-14-39-18-20-42-22-23-43-21-19-41-16-11-30-24(34)7-13-33-26(36)5-6-27(33)37/h5-6H,4,7-23H2,1-3H3,(H,30,34)(H,31,35)(H,32,38). The van der Waals surface area contributed by atoms with Crippen molar-refractivity contribution >= 4 is 29.5 Å². The van der Waals surface area contributed by atoms with Crippen LogP contribution in [0, 0.1) is 5.41 Å². The second-order valence-electron chi connectivity index (χ2n) is 10.3. The number of amides is 5. The summed E-state index contributed by atoms with van der Waals surface area (Å²) in [6.07, 6.45) is 4.45. The number of rotatable bonds is 27. The second-order valence-corrected chi connectivity index (χ2v) is 10.3. The number of hydrogen-bond donors (Lipinski definition) is 3. The molecule has 1 rings (SSSR count). The third kappa shape index (κ3) is 19.1. The number of nitrogens with one attached hydrogen (secondary N) is 3. The van der Waals surface area contributed by atoms with E-state index < -0.39 is 11.8 Å². The van der Waals surface area contributed by atoms with Crippen molar-refractivity contribution in [2.24, 2.45) is 5.41 Å². The summed E-state index contributed by atoms with van der Waals surface area (Å²) in [6, 6.07) is 0. The number of nitrogens with zero attached hydrogens (tertiary/aromatic N) is 1. The van der Waals surface area contributed by atoms with E-state index in [1.807, 2.05) is 13.8 Å². The molecule has 1 aliphatic heterocycles. The summed E-state index contributed by atoms with van der Waals surface area (Å²) in [5.41, 5.74) is -0.378. The highest BCUT2D eigenvalue weighted by Crippen LogP contribution is 2.21. The van der Waals surface area contributed by atoms with Crippen LogP contribution in [-0.2, 0) is 47.7 Å². The van der Waals surface area contributed by atoms with Gasteiger partial charge in [0.2, 0.25) is 17.7 Å². The van der Waals surface area contributed by atoms with Crippen LogP contribution >= 0.6 is 0 Å². The molecule has 14 nitrogen and oxygen atoms in total. The third-order valence-electron chi connectivity index (χ3n) is 6.21. The average molecular weight is 615 g/mol. The summed E-state index contributed by atoms with van der Waals surface area (Å²) in [6.45, 7) is 10.8. The Hall–Kier alpha value is -2.91. The number of carbonyl (C=O) groups is 5. The van der Waals surface area contributed by atoms with E-state index in [1.54, 1.807) is 0 Å². The van der Waals surface area contributed by atoms with E-state index in [9.17, 15) is 24.0 Å². The van der Waals surface area contributed by atoms with Crippen molar-refractivity contribution in [2.45, 2.75) is 46.5 Å². The molecule has 0 radical (unpaired) electrons. The fourth-order valence-electron chi connectivity index (χ4n) is 3.81. The van der Waals surface area contributed by atoms with Gasteiger partial charge in [-0.25, -0.2) is 0 Å². The Bertz CT molecular complexity index is 863. The Balaban J connectivity index is 1.79. The lowest BCUT2D eigenvalue weighted by molar-refractivity contribution is -0.137. The van der Waals surface area contributed by atoms with E-state index >= 15 is 0 Å². The molecule has 0 bridgehead atoms. The highest BCUT2D eigenvalue weighted by atomic mass is 16.6. The molecule has 0 fully saturated rings. The lowest BCUT2D eigenvalue weighted by atomic mass is 9.87. The minimum absolute atomic E-state index is 0.0230. The summed E-state index contributed by atoms with van der Waals surface area (Å²) < 4.78 is 27.0. The van der Waals surface area contributed by atoms with Gasteiger partial charge in [0.05, 0.1) is 66.1 Å². The number of imide groups is 1. The first-order valence-corrected chi connectivity index (χ1v) is 14.9. The van der Waals surface area contributed by atoms with Crippen LogP contribution in [-0.4, -0.2) is 127 Å². The van der Waals surface area contributed by atoms with Crippen LogP contribution in [0.1, 0.15) is 46.5 Å². The molecule has 0 aromatic carbocycles. The van der Waals surface area contributed by atoms with Crippen LogP contribution in [0.2, 0.25) is 0 Å². The summed E-state index contributed by atoms with van der Waals surface area (Å²) in [5, 5.41) is 8.30. The van der Waals surface area contributed by atoms with Crippen LogP contribution in [0.4, 0.5) is 0 Å². The number of hydrogen-bond acceptors (Lipinski definition) is 10. The van der Waals surface area contributed by atoms with Gasteiger partial charge in [-0.3, -0.25) is 28.9 Å². The second kappa shape index (κ2) is 23.5. The van der Waals surface area contributed by atoms with Crippen molar-refractivity contribution in [1.29, 1.82) is 0 Å². The monoisotopic (exact) mass is 614 g/mol. The summed E-state index contributed by atoms with van der Waals surface area (Å²) in [4.78, 5) is 59.6. The third-order valence-corrected chi connectivity index (χ3v) is 6.21. The van der Waals surface area contributed by atoms with Gasteiger partial charge < -0.3 is 39.6 Å². The lowest BCUT2D eigenvalue weighted by Crippen LogP contribution is -2.38. The topological polar surface area (TPSA) is 171 Å². The highest BCUT2D eigenvalue weighted by Gasteiger charge is 2.26. The predicted molar refractivity (Wildman–Crippen MR) is 157 cm³/mol. The first-order valence-electron chi connectivity index (χ1n) is 14.9. The molecule has 0 atom stereocenters. The summed E-state index contributed by atoms with van der Waals surface area (Å²) >= 11 is 0. The van der Waals surface area contributed by atoms with Gasteiger partial charge in [0.15, 0.2) is 0 Å². The van der Waals surface area contributed by atoms with Gasteiger partial charge in [-0.2, -0.15) is 0 Å². The van der Waals surface area contributed by atoms with Gasteiger partial charge in [-0.15, -0.1) is 0 Å². The molecule has 1 aliphatic rings.